The minimum Gasteiger partial charge on any atom is -0.472 e. The standard InChI is InChI=1S/C29H34O10/c1-14(30)38-27-13-24(2)17(10-18(31)35-5)26(27,4)16-6-8-25(3)23(15-7-9-36-12-15)37-19(32)11-28(25)29(16,34)21(27)20(39-28)22(24)33/h7,9,12,16-17,20-21,23,34H,6,8,10-11,13H2,1-5H3/t16-,17+,20-,21+,23+,24-,25+,26-,27+,28-,29+/m1/s1. The molecule has 10 heteroatoms. The van der Waals surface area contributed by atoms with Crippen LogP contribution in [0, 0.1) is 34.0 Å². The molecule has 1 aromatic heterocycles. The zero-order chi connectivity index (χ0) is 28.0. The lowest BCUT2D eigenvalue weighted by molar-refractivity contribution is -0.294. The third-order valence-corrected chi connectivity index (χ3v) is 12.2. The van der Waals surface area contributed by atoms with Crippen LogP contribution in [0.1, 0.15) is 71.5 Å². The molecule has 2 aliphatic heterocycles. The van der Waals surface area contributed by atoms with E-state index in [1.54, 1.807) is 6.07 Å². The molecule has 11 atom stereocenters. The molecule has 0 radical (unpaired) electrons. The molecule has 2 bridgehead atoms. The molecule has 3 heterocycles. The van der Waals surface area contributed by atoms with Crippen LogP contribution in [0.15, 0.2) is 23.0 Å². The van der Waals surface area contributed by atoms with Gasteiger partial charge >= 0.3 is 17.9 Å². The summed E-state index contributed by atoms with van der Waals surface area (Å²) in [4.78, 5) is 53.3. The SMILES string of the molecule is COC(=O)C[C@@H]1[C@@]2(C)[C@H]3CC[C@@]4(C)[C@H](c5ccoc5)OC(=O)C[C@@]45O[C@H]4C(=O)[C@]1(C)C[C@]2(OC(C)=O)[C@H]4[C@@]35O. The van der Waals surface area contributed by atoms with Crippen LogP contribution in [0.4, 0.5) is 0 Å². The summed E-state index contributed by atoms with van der Waals surface area (Å²) in [7, 11) is 1.31. The van der Waals surface area contributed by atoms with Crippen molar-refractivity contribution < 1.29 is 47.6 Å². The number of carbonyl (C=O) groups excluding carboxylic acids is 4. The van der Waals surface area contributed by atoms with Gasteiger partial charge in [-0.05, 0) is 24.8 Å². The number of fused-ring (bicyclic) bond motifs is 2. The molecule has 6 aliphatic rings. The normalized spacial score (nSPS) is 52.3. The first kappa shape index (κ1) is 25.3. The topological polar surface area (TPSA) is 139 Å². The van der Waals surface area contributed by atoms with Gasteiger partial charge < -0.3 is 28.5 Å². The molecule has 1 spiro atoms. The van der Waals surface area contributed by atoms with E-state index in [0.717, 1.165) is 0 Å². The second-order valence-corrected chi connectivity index (χ2v) is 13.3. The maximum Gasteiger partial charge on any atom is 0.309 e. The number of hydrogen-bond acceptors (Lipinski definition) is 10. The molecule has 0 unspecified atom stereocenters. The van der Waals surface area contributed by atoms with Gasteiger partial charge in [0.2, 0.25) is 0 Å². The fourth-order valence-electron chi connectivity index (χ4n) is 11.0. The van der Waals surface area contributed by atoms with Crippen molar-refractivity contribution in [2.45, 2.75) is 88.8 Å². The van der Waals surface area contributed by atoms with Gasteiger partial charge in [-0.15, -0.1) is 0 Å². The lowest BCUT2D eigenvalue weighted by Gasteiger charge is -2.63. The minimum absolute atomic E-state index is 0.0613. The van der Waals surface area contributed by atoms with Gasteiger partial charge in [0.25, 0.3) is 0 Å². The number of hydrogen-bond donors (Lipinski definition) is 1. The molecule has 39 heavy (non-hydrogen) atoms. The first-order chi connectivity index (χ1) is 18.3. The molecule has 0 aromatic carbocycles. The number of methoxy groups -OCH3 is 1. The van der Waals surface area contributed by atoms with Crippen molar-refractivity contribution in [3.8, 4) is 0 Å². The van der Waals surface area contributed by atoms with Crippen molar-refractivity contribution in [3.63, 3.8) is 0 Å². The third kappa shape index (κ3) is 2.37. The van der Waals surface area contributed by atoms with Crippen molar-refractivity contribution in [1.82, 2.24) is 0 Å². The first-order valence-corrected chi connectivity index (χ1v) is 13.7. The van der Waals surface area contributed by atoms with Crippen LogP contribution in [-0.4, -0.2) is 58.8 Å². The van der Waals surface area contributed by atoms with Crippen molar-refractivity contribution >= 4 is 23.7 Å². The molecular weight excluding hydrogens is 508 g/mol. The third-order valence-electron chi connectivity index (χ3n) is 12.2. The zero-order valence-electron chi connectivity index (χ0n) is 22.8. The van der Waals surface area contributed by atoms with Gasteiger partial charge in [0.15, 0.2) is 5.78 Å². The Morgan fingerprint density at radius 1 is 1.21 bits per heavy atom. The van der Waals surface area contributed by atoms with E-state index < -0.39 is 80.9 Å². The van der Waals surface area contributed by atoms with Crippen LogP contribution in [0.25, 0.3) is 0 Å². The highest BCUT2D eigenvalue weighted by molar-refractivity contribution is 5.94. The quantitative estimate of drug-likeness (QED) is 0.446. The number of furan rings is 1. The van der Waals surface area contributed by atoms with Crippen LogP contribution in [0.5, 0.6) is 0 Å². The smallest absolute Gasteiger partial charge is 0.309 e. The fraction of sp³-hybridized carbons (Fsp3) is 0.724. The second kappa shape index (κ2) is 7.13. The van der Waals surface area contributed by atoms with E-state index in [4.69, 9.17) is 23.4 Å². The monoisotopic (exact) mass is 542 g/mol. The van der Waals surface area contributed by atoms with E-state index in [1.807, 2.05) is 20.8 Å². The number of aliphatic hydroxyl groups is 1. The Bertz CT molecular complexity index is 1320. The summed E-state index contributed by atoms with van der Waals surface area (Å²) in [6, 6.07) is 1.73. The number of ether oxygens (including phenoxy) is 4. The molecule has 4 aliphatic carbocycles. The van der Waals surface area contributed by atoms with Crippen LogP contribution in [0.2, 0.25) is 0 Å². The Labute approximate surface area is 225 Å². The summed E-state index contributed by atoms with van der Waals surface area (Å²) in [5, 5.41) is 13.2. The van der Waals surface area contributed by atoms with E-state index in [-0.39, 0.29) is 25.0 Å². The van der Waals surface area contributed by atoms with E-state index >= 15 is 0 Å². The van der Waals surface area contributed by atoms with Gasteiger partial charge in [-0.2, -0.15) is 0 Å². The fourth-order valence-corrected chi connectivity index (χ4v) is 11.0. The van der Waals surface area contributed by atoms with E-state index in [2.05, 4.69) is 0 Å². The van der Waals surface area contributed by atoms with Gasteiger partial charge in [-0.3, -0.25) is 19.2 Å². The van der Waals surface area contributed by atoms with Crippen LogP contribution >= 0.6 is 0 Å². The average Bonchev–Trinajstić information content (AvgIpc) is 3.55. The zero-order valence-corrected chi connectivity index (χ0v) is 22.8. The maximum absolute atomic E-state index is 14.4. The highest BCUT2D eigenvalue weighted by atomic mass is 16.6. The van der Waals surface area contributed by atoms with Crippen molar-refractivity contribution in [2.75, 3.05) is 7.11 Å². The lowest BCUT2D eigenvalue weighted by atomic mass is 9.45. The largest absolute Gasteiger partial charge is 0.472 e. The predicted octanol–water partition coefficient (Wildman–Crippen LogP) is 2.66. The molecule has 1 N–H and O–H groups in total. The number of cyclic esters (lactones) is 1. The number of Topliss-reactive ketones (excluding diaryl/α,β-unsaturated/α-hetero) is 1. The summed E-state index contributed by atoms with van der Waals surface area (Å²) in [5.74, 6) is -3.76. The Kier molecular flexibility index (Phi) is 4.62. The highest BCUT2D eigenvalue weighted by Gasteiger charge is 2.96. The molecule has 4 saturated carbocycles. The molecule has 6 fully saturated rings. The van der Waals surface area contributed by atoms with Gasteiger partial charge in [0.1, 0.15) is 29.0 Å². The number of esters is 3. The number of rotatable bonds is 4. The highest BCUT2D eigenvalue weighted by Crippen LogP contribution is 2.86. The molecule has 2 saturated heterocycles. The summed E-state index contributed by atoms with van der Waals surface area (Å²) in [6.45, 7) is 7.04. The van der Waals surface area contributed by atoms with Gasteiger partial charge in [0.05, 0.1) is 32.0 Å². The van der Waals surface area contributed by atoms with Crippen molar-refractivity contribution in [3.05, 3.63) is 24.2 Å². The maximum atomic E-state index is 14.4. The first-order valence-electron chi connectivity index (χ1n) is 13.7. The Morgan fingerprint density at radius 2 is 1.95 bits per heavy atom. The summed E-state index contributed by atoms with van der Waals surface area (Å²) in [5.41, 5.74) is -6.76. The van der Waals surface area contributed by atoms with Gasteiger partial charge in [-0.25, -0.2) is 0 Å². The Morgan fingerprint density at radius 3 is 2.59 bits per heavy atom. The van der Waals surface area contributed by atoms with E-state index in [9.17, 15) is 24.3 Å². The van der Waals surface area contributed by atoms with Crippen LogP contribution < -0.4 is 0 Å². The number of ketones is 1. The second-order valence-electron chi connectivity index (χ2n) is 13.3. The summed E-state index contributed by atoms with van der Waals surface area (Å²) >= 11 is 0. The van der Waals surface area contributed by atoms with Gasteiger partial charge in [0, 0.05) is 47.5 Å². The Balaban J connectivity index is 1.51. The lowest BCUT2D eigenvalue weighted by Crippen LogP contribution is -2.72. The summed E-state index contributed by atoms with van der Waals surface area (Å²) in [6.07, 6.45) is 2.00. The van der Waals surface area contributed by atoms with E-state index in [0.29, 0.717) is 18.4 Å². The molecule has 7 rings (SSSR count). The van der Waals surface area contributed by atoms with Crippen LogP contribution in [-0.2, 0) is 38.1 Å². The Hall–Kier alpha value is -2.72. The molecule has 10 nitrogen and oxygen atoms in total. The van der Waals surface area contributed by atoms with Crippen molar-refractivity contribution in [1.29, 1.82) is 0 Å². The predicted molar refractivity (Wildman–Crippen MR) is 129 cm³/mol. The van der Waals surface area contributed by atoms with Crippen molar-refractivity contribution in [2.24, 2.45) is 34.0 Å². The molecule has 210 valence electrons. The molecule has 0 amide bonds. The van der Waals surface area contributed by atoms with E-state index in [1.165, 1.54) is 26.6 Å². The minimum atomic E-state index is -1.71. The van der Waals surface area contributed by atoms with Crippen LogP contribution in [0.3, 0.4) is 0 Å². The van der Waals surface area contributed by atoms with Gasteiger partial charge in [-0.1, -0.05) is 20.8 Å². The number of carbonyl (C=O) groups is 4. The summed E-state index contributed by atoms with van der Waals surface area (Å²) < 4.78 is 29.4. The average molecular weight is 543 g/mol. The molecular formula is C29H34O10. The molecule has 1 aromatic rings.